The van der Waals surface area contributed by atoms with Gasteiger partial charge in [0.2, 0.25) is 0 Å². The zero-order valence-corrected chi connectivity index (χ0v) is 19.9. The lowest BCUT2D eigenvalue weighted by Gasteiger charge is -2.27. The quantitative estimate of drug-likeness (QED) is 0.335. The van der Waals surface area contributed by atoms with Gasteiger partial charge in [-0.3, -0.25) is 4.79 Å². The van der Waals surface area contributed by atoms with Crippen molar-refractivity contribution in [2.75, 3.05) is 10.2 Å². The molecule has 1 saturated heterocycles. The summed E-state index contributed by atoms with van der Waals surface area (Å²) in [4.78, 5) is 37.4. The van der Waals surface area contributed by atoms with Crippen LogP contribution in [0.3, 0.4) is 0 Å². The smallest absolute Gasteiger partial charge is 0.325 e. The van der Waals surface area contributed by atoms with Crippen molar-refractivity contribution in [2.45, 2.75) is 43.3 Å². The van der Waals surface area contributed by atoms with E-state index < -0.39 is 23.0 Å². The third-order valence-corrected chi connectivity index (χ3v) is 6.22. The lowest BCUT2D eigenvalue weighted by Crippen LogP contribution is -2.43. The molecular weight excluding hydrogens is 479 g/mol. The van der Waals surface area contributed by atoms with Crippen molar-refractivity contribution in [1.82, 2.24) is 14.9 Å². The van der Waals surface area contributed by atoms with Gasteiger partial charge in [-0.2, -0.15) is 13.2 Å². The van der Waals surface area contributed by atoms with Crippen LogP contribution in [0.5, 0.6) is 0 Å². The molecule has 0 radical (unpaired) electrons. The first kappa shape index (κ1) is 24.5. The number of amides is 3. The molecule has 7 nitrogen and oxygen atoms in total. The van der Waals surface area contributed by atoms with Gasteiger partial charge in [-0.25, -0.2) is 19.7 Å². The van der Waals surface area contributed by atoms with Crippen LogP contribution in [0, 0.1) is 6.92 Å². The molecule has 1 aromatic carbocycles. The minimum absolute atomic E-state index is 0.0312. The number of carbonyl (C=O) groups is 2. The number of carbonyl (C=O) groups excluding carboxylic acids is 2. The first-order valence-corrected chi connectivity index (χ1v) is 11.4. The summed E-state index contributed by atoms with van der Waals surface area (Å²) in [7, 11) is 0. The summed E-state index contributed by atoms with van der Waals surface area (Å²) >= 11 is -0.257. The van der Waals surface area contributed by atoms with Crippen LogP contribution >= 0.6 is 11.8 Å². The van der Waals surface area contributed by atoms with Crippen LogP contribution in [0.25, 0.3) is 0 Å². The topological polar surface area (TPSA) is 78.4 Å². The zero-order chi connectivity index (χ0) is 25.4. The van der Waals surface area contributed by atoms with E-state index in [-0.39, 0.29) is 28.9 Å². The maximum atomic E-state index is 13.3. The number of nitrogens with zero attached hydrogens (tertiary/aromatic N) is 4. The van der Waals surface area contributed by atoms with E-state index in [4.69, 9.17) is 0 Å². The molecule has 3 heterocycles. The molecule has 0 unspecified atom stereocenters. The van der Waals surface area contributed by atoms with Gasteiger partial charge >= 0.3 is 11.5 Å². The second kappa shape index (κ2) is 9.21. The molecule has 182 valence electrons. The lowest BCUT2D eigenvalue weighted by molar-refractivity contribution is -0.123. The van der Waals surface area contributed by atoms with E-state index in [0.29, 0.717) is 11.6 Å². The number of halogens is 3. The molecule has 3 aromatic rings. The highest BCUT2D eigenvalue weighted by Crippen LogP contribution is 2.39. The van der Waals surface area contributed by atoms with Gasteiger partial charge in [0.25, 0.3) is 5.91 Å². The van der Waals surface area contributed by atoms with Crippen LogP contribution in [0.15, 0.2) is 65.8 Å². The molecule has 1 aliphatic rings. The fourth-order valence-electron chi connectivity index (χ4n) is 3.62. The molecule has 4 rings (SSSR count). The van der Waals surface area contributed by atoms with Crippen LogP contribution in [0.2, 0.25) is 0 Å². The SMILES string of the molecule is Cc1ccc(Nc2cc(CN3C(=O)N(c4ccc(SC(F)(F)F)cc4)C(=O)C3(C)C)ccn2)nc1. The maximum absolute atomic E-state index is 13.3. The van der Waals surface area contributed by atoms with Crippen molar-refractivity contribution in [3.8, 4) is 0 Å². The van der Waals surface area contributed by atoms with E-state index in [1.807, 2.05) is 19.1 Å². The summed E-state index contributed by atoms with van der Waals surface area (Å²) < 4.78 is 37.9. The molecule has 0 aliphatic carbocycles. The molecule has 0 atom stereocenters. The van der Waals surface area contributed by atoms with E-state index in [2.05, 4.69) is 15.3 Å². The molecule has 3 amide bonds. The molecular formula is C24H22F3N5O2S. The van der Waals surface area contributed by atoms with Crippen molar-refractivity contribution >= 4 is 41.0 Å². The van der Waals surface area contributed by atoms with Gasteiger partial charge < -0.3 is 10.2 Å². The van der Waals surface area contributed by atoms with Crippen molar-refractivity contribution in [1.29, 1.82) is 0 Å². The fourth-order valence-corrected chi connectivity index (χ4v) is 4.16. The van der Waals surface area contributed by atoms with Crippen molar-refractivity contribution in [3.63, 3.8) is 0 Å². The second-order valence-corrected chi connectivity index (χ2v) is 9.64. The zero-order valence-electron chi connectivity index (χ0n) is 19.1. The summed E-state index contributed by atoms with van der Waals surface area (Å²) in [6.45, 7) is 5.34. The van der Waals surface area contributed by atoms with E-state index >= 15 is 0 Å². The number of imide groups is 1. The van der Waals surface area contributed by atoms with Crippen LogP contribution < -0.4 is 10.2 Å². The Morgan fingerprint density at radius 3 is 2.34 bits per heavy atom. The van der Waals surface area contributed by atoms with E-state index in [1.165, 1.54) is 29.2 Å². The summed E-state index contributed by atoms with van der Waals surface area (Å²) in [5.74, 6) is 0.686. The van der Waals surface area contributed by atoms with Gasteiger partial charge in [-0.15, -0.1) is 0 Å². The number of thioether (sulfide) groups is 1. The van der Waals surface area contributed by atoms with Gasteiger partial charge in [0.05, 0.1) is 5.69 Å². The number of aryl methyl sites for hydroxylation is 1. The predicted octanol–water partition coefficient (Wildman–Crippen LogP) is 5.89. The Bertz CT molecular complexity index is 1250. The number of hydrogen-bond acceptors (Lipinski definition) is 6. The third-order valence-electron chi connectivity index (χ3n) is 5.48. The minimum Gasteiger partial charge on any atom is -0.325 e. The molecule has 0 bridgehead atoms. The van der Waals surface area contributed by atoms with Crippen molar-refractivity contribution in [2.24, 2.45) is 0 Å². The molecule has 1 N–H and O–H groups in total. The van der Waals surface area contributed by atoms with Crippen molar-refractivity contribution in [3.05, 3.63) is 72.1 Å². The highest BCUT2D eigenvalue weighted by molar-refractivity contribution is 8.00. The van der Waals surface area contributed by atoms with Gasteiger partial charge in [0, 0.05) is 23.8 Å². The monoisotopic (exact) mass is 501 g/mol. The van der Waals surface area contributed by atoms with Crippen LogP contribution in [-0.2, 0) is 11.3 Å². The average Bonchev–Trinajstić information content (AvgIpc) is 2.95. The first-order chi connectivity index (χ1) is 16.4. The number of aromatic nitrogens is 2. The predicted molar refractivity (Wildman–Crippen MR) is 127 cm³/mol. The summed E-state index contributed by atoms with van der Waals surface area (Å²) in [5.41, 5.74) is -3.61. The Kier molecular flexibility index (Phi) is 6.46. The Morgan fingerprint density at radius 2 is 1.71 bits per heavy atom. The van der Waals surface area contributed by atoms with E-state index in [0.717, 1.165) is 16.0 Å². The lowest BCUT2D eigenvalue weighted by atomic mass is 10.0. The van der Waals surface area contributed by atoms with E-state index in [1.54, 1.807) is 38.4 Å². The summed E-state index contributed by atoms with van der Waals surface area (Å²) in [6, 6.07) is 11.9. The van der Waals surface area contributed by atoms with E-state index in [9.17, 15) is 22.8 Å². The van der Waals surface area contributed by atoms with Crippen LogP contribution in [0.4, 0.5) is 35.3 Å². The van der Waals surface area contributed by atoms with Crippen molar-refractivity contribution < 1.29 is 22.8 Å². The number of rotatable bonds is 6. The van der Waals surface area contributed by atoms with Crippen LogP contribution in [0.1, 0.15) is 25.0 Å². The Hall–Kier alpha value is -3.60. The molecule has 1 fully saturated rings. The molecule has 1 aliphatic heterocycles. The molecule has 0 saturated carbocycles. The second-order valence-electron chi connectivity index (χ2n) is 8.51. The van der Waals surface area contributed by atoms with Gasteiger partial charge in [0.1, 0.15) is 17.2 Å². The highest BCUT2D eigenvalue weighted by Gasteiger charge is 2.51. The highest BCUT2D eigenvalue weighted by atomic mass is 32.2. The standard InChI is InChI=1S/C24H22F3N5O2S/c1-15-4-9-19(29-13-15)30-20-12-16(10-11-28-20)14-31-22(34)32(21(33)23(31,2)3)17-5-7-18(8-6-17)35-24(25,26)27/h4-13H,14H2,1-3H3,(H,28,29,30). The fraction of sp³-hybridized carbons (Fsp3) is 0.250. The number of urea groups is 1. The number of hydrogen-bond donors (Lipinski definition) is 1. The number of nitrogens with one attached hydrogen (secondary N) is 1. The Labute approximate surface area is 204 Å². The Balaban J connectivity index is 1.53. The average molecular weight is 502 g/mol. The normalized spacial score (nSPS) is 15.6. The molecule has 2 aromatic heterocycles. The van der Waals surface area contributed by atoms with Gasteiger partial charge in [-0.1, -0.05) is 6.07 Å². The third kappa shape index (κ3) is 5.40. The Morgan fingerprint density at radius 1 is 1.00 bits per heavy atom. The molecule has 0 spiro atoms. The van der Waals surface area contributed by atoms with Gasteiger partial charge in [0.15, 0.2) is 0 Å². The maximum Gasteiger partial charge on any atom is 0.446 e. The number of pyridine rings is 2. The summed E-state index contributed by atoms with van der Waals surface area (Å²) in [5, 5.41) is 3.11. The largest absolute Gasteiger partial charge is 0.446 e. The van der Waals surface area contributed by atoms with Crippen LogP contribution in [-0.4, -0.2) is 37.9 Å². The number of benzene rings is 1. The minimum atomic E-state index is -4.42. The molecule has 11 heteroatoms. The first-order valence-electron chi connectivity index (χ1n) is 10.6. The van der Waals surface area contributed by atoms with Gasteiger partial charge in [-0.05, 0) is 86.1 Å². The molecule has 35 heavy (non-hydrogen) atoms. The number of anilines is 3. The number of alkyl halides is 3. The summed E-state index contributed by atoms with van der Waals surface area (Å²) in [6.07, 6.45) is 3.32.